The van der Waals surface area contributed by atoms with Crippen LogP contribution in [0.15, 0.2) is 42.5 Å². The highest BCUT2D eigenvalue weighted by Crippen LogP contribution is 2.30. The largest absolute Gasteiger partial charge is 0.493 e. The molecule has 1 aliphatic rings. The Morgan fingerprint density at radius 1 is 1.27 bits per heavy atom. The molecule has 0 saturated carbocycles. The van der Waals surface area contributed by atoms with Gasteiger partial charge in [0.05, 0.1) is 7.11 Å². The maximum Gasteiger partial charge on any atom is 0.387 e. The van der Waals surface area contributed by atoms with Crippen molar-refractivity contribution in [2.75, 3.05) is 13.7 Å². The molecule has 0 aliphatic carbocycles. The Bertz CT molecular complexity index is 757. The smallest absolute Gasteiger partial charge is 0.387 e. The third-order valence-electron chi connectivity index (χ3n) is 4.10. The lowest BCUT2D eigenvalue weighted by atomic mass is 10.1. The number of fused-ring (bicyclic) bond motifs is 1. The Morgan fingerprint density at radius 2 is 2.08 bits per heavy atom. The van der Waals surface area contributed by atoms with Gasteiger partial charge in [-0.2, -0.15) is 8.78 Å². The zero-order valence-corrected chi connectivity index (χ0v) is 14.2. The van der Waals surface area contributed by atoms with Gasteiger partial charge >= 0.3 is 6.61 Å². The average Bonchev–Trinajstić information content (AvgIpc) is 3.06. The Morgan fingerprint density at radius 3 is 2.81 bits per heavy atom. The number of amides is 1. The molecule has 7 heteroatoms. The minimum absolute atomic E-state index is 0.0209. The van der Waals surface area contributed by atoms with Crippen molar-refractivity contribution in [3.05, 3.63) is 53.6 Å². The summed E-state index contributed by atoms with van der Waals surface area (Å²) in [6.07, 6.45) is 0.551. The van der Waals surface area contributed by atoms with Gasteiger partial charge in [0.2, 0.25) is 0 Å². The van der Waals surface area contributed by atoms with E-state index in [2.05, 4.69) is 10.1 Å². The number of nitrogens with one attached hydrogen (secondary N) is 1. The number of carbonyl (C=O) groups excluding carboxylic acids is 1. The van der Waals surface area contributed by atoms with Crippen LogP contribution in [0.4, 0.5) is 8.78 Å². The van der Waals surface area contributed by atoms with Crippen molar-refractivity contribution >= 4 is 5.91 Å². The molecule has 0 saturated heterocycles. The third kappa shape index (κ3) is 4.22. The molecule has 1 N–H and O–H groups in total. The first kappa shape index (κ1) is 18.0. The number of para-hydroxylation sites is 1. The molecule has 1 amide bonds. The quantitative estimate of drug-likeness (QED) is 0.822. The van der Waals surface area contributed by atoms with Crippen molar-refractivity contribution in [1.82, 2.24) is 5.32 Å². The summed E-state index contributed by atoms with van der Waals surface area (Å²) < 4.78 is 39.8. The molecule has 26 heavy (non-hydrogen) atoms. The number of halogens is 2. The van der Waals surface area contributed by atoms with Gasteiger partial charge in [-0.15, -0.1) is 0 Å². The Kier molecular flexibility index (Phi) is 5.55. The highest BCUT2D eigenvalue weighted by atomic mass is 19.3. The van der Waals surface area contributed by atoms with E-state index in [0.717, 1.165) is 16.9 Å². The molecule has 0 aromatic heterocycles. The first-order chi connectivity index (χ1) is 12.6. The molecule has 5 nitrogen and oxygen atoms in total. The van der Waals surface area contributed by atoms with E-state index in [0.29, 0.717) is 19.4 Å². The fourth-order valence-corrected chi connectivity index (χ4v) is 2.83. The normalized spacial score (nSPS) is 15.3. The van der Waals surface area contributed by atoms with E-state index in [9.17, 15) is 13.6 Å². The van der Waals surface area contributed by atoms with Crippen molar-refractivity contribution < 1.29 is 27.8 Å². The number of hydrogen-bond donors (Lipinski definition) is 1. The summed E-state index contributed by atoms with van der Waals surface area (Å²) in [5.74, 6) is 0.772. The molecular weight excluding hydrogens is 344 g/mol. The van der Waals surface area contributed by atoms with Gasteiger partial charge in [-0.3, -0.25) is 4.79 Å². The van der Waals surface area contributed by atoms with Gasteiger partial charge in [0, 0.05) is 13.0 Å². The summed E-state index contributed by atoms with van der Waals surface area (Å²) in [5.41, 5.74) is 1.85. The lowest BCUT2D eigenvalue weighted by Gasteiger charge is -2.13. The second-order valence-electron chi connectivity index (χ2n) is 5.82. The number of alkyl halides is 2. The first-order valence-corrected chi connectivity index (χ1v) is 8.21. The summed E-state index contributed by atoms with van der Waals surface area (Å²) in [6, 6.07) is 12.3. The van der Waals surface area contributed by atoms with Crippen LogP contribution in [0, 0.1) is 0 Å². The summed E-state index contributed by atoms with van der Waals surface area (Å²) >= 11 is 0. The molecule has 1 atom stereocenters. The van der Waals surface area contributed by atoms with Crippen LogP contribution >= 0.6 is 0 Å². The topological polar surface area (TPSA) is 56.8 Å². The predicted octanol–water partition coefficient (Wildman–Crippen LogP) is 2.96. The van der Waals surface area contributed by atoms with Crippen molar-refractivity contribution in [1.29, 1.82) is 0 Å². The molecule has 0 radical (unpaired) electrons. The second kappa shape index (κ2) is 8.03. The highest BCUT2D eigenvalue weighted by Gasteiger charge is 2.28. The number of rotatable bonds is 7. The maximum atomic E-state index is 12.3. The minimum Gasteiger partial charge on any atom is -0.493 e. The molecule has 1 unspecified atom stereocenters. The molecule has 138 valence electrons. The molecule has 1 heterocycles. The van der Waals surface area contributed by atoms with E-state index >= 15 is 0 Å². The lowest BCUT2D eigenvalue weighted by Crippen LogP contribution is -2.38. The molecule has 2 aromatic carbocycles. The third-order valence-corrected chi connectivity index (χ3v) is 4.10. The number of ether oxygens (including phenoxy) is 3. The molecular formula is C19H19F2NO4. The highest BCUT2D eigenvalue weighted by molar-refractivity contribution is 5.82. The molecule has 3 rings (SSSR count). The van der Waals surface area contributed by atoms with Gasteiger partial charge in [0.25, 0.3) is 5.91 Å². The van der Waals surface area contributed by atoms with Gasteiger partial charge in [0.1, 0.15) is 5.75 Å². The fraction of sp³-hybridized carbons (Fsp3) is 0.316. The summed E-state index contributed by atoms with van der Waals surface area (Å²) in [4.78, 5) is 12.2. The van der Waals surface area contributed by atoms with Crippen molar-refractivity contribution in [2.24, 2.45) is 0 Å². The Hall–Kier alpha value is -2.83. The van der Waals surface area contributed by atoms with E-state index in [1.807, 2.05) is 24.3 Å². The van der Waals surface area contributed by atoms with E-state index in [4.69, 9.17) is 9.47 Å². The van der Waals surface area contributed by atoms with Crippen LogP contribution in [0.1, 0.15) is 11.1 Å². The van der Waals surface area contributed by atoms with Crippen LogP contribution in [0.25, 0.3) is 0 Å². The van der Waals surface area contributed by atoms with Crippen LogP contribution in [0.3, 0.4) is 0 Å². The van der Waals surface area contributed by atoms with Crippen LogP contribution in [-0.4, -0.2) is 32.3 Å². The van der Waals surface area contributed by atoms with Crippen LogP contribution in [0.2, 0.25) is 0 Å². The van der Waals surface area contributed by atoms with Crippen molar-refractivity contribution in [3.63, 3.8) is 0 Å². The van der Waals surface area contributed by atoms with Gasteiger partial charge in [-0.05, 0) is 35.7 Å². The number of benzene rings is 2. The lowest BCUT2D eigenvalue weighted by molar-refractivity contribution is -0.127. The number of carbonyl (C=O) groups is 1. The molecule has 1 aliphatic heterocycles. The SMILES string of the molecule is COc1cc(CCNC(=O)C2Cc3ccccc3O2)ccc1OC(F)F. The van der Waals surface area contributed by atoms with E-state index in [1.54, 1.807) is 12.1 Å². The van der Waals surface area contributed by atoms with Crippen molar-refractivity contribution in [2.45, 2.75) is 25.6 Å². The summed E-state index contributed by atoms with van der Waals surface area (Å²) in [5, 5.41) is 2.84. The zero-order valence-electron chi connectivity index (χ0n) is 14.2. The summed E-state index contributed by atoms with van der Waals surface area (Å²) in [7, 11) is 1.38. The van der Waals surface area contributed by atoms with E-state index < -0.39 is 12.7 Å². The van der Waals surface area contributed by atoms with Gasteiger partial charge in [0.15, 0.2) is 17.6 Å². The molecule has 2 aromatic rings. The minimum atomic E-state index is -2.91. The molecule has 0 spiro atoms. The molecule has 0 bridgehead atoms. The van der Waals surface area contributed by atoms with E-state index in [-0.39, 0.29) is 17.4 Å². The second-order valence-corrected chi connectivity index (χ2v) is 5.82. The average molecular weight is 363 g/mol. The maximum absolute atomic E-state index is 12.3. The van der Waals surface area contributed by atoms with Crippen LogP contribution < -0.4 is 19.5 Å². The van der Waals surface area contributed by atoms with Gasteiger partial charge in [-0.1, -0.05) is 24.3 Å². The van der Waals surface area contributed by atoms with Crippen molar-refractivity contribution in [3.8, 4) is 17.2 Å². The summed E-state index contributed by atoms with van der Waals surface area (Å²) in [6.45, 7) is -2.52. The Balaban J connectivity index is 1.51. The van der Waals surface area contributed by atoms with Crippen LogP contribution in [0.5, 0.6) is 17.2 Å². The van der Waals surface area contributed by atoms with Gasteiger partial charge < -0.3 is 19.5 Å². The first-order valence-electron chi connectivity index (χ1n) is 8.21. The molecule has 0 fully saturated rings. The fourth-order valence-electron chi connectivity index (χ4n) is 2.83. The monoisotopic (exact) mass is 363 g/mol. The predicted molar refractivity (Wildman–Crippen MR) is 90.9 cm³/mol. The van der Waals surface area contributed by atoms with Crippen LogP contribution in [-0.2, 0) is 17.6 Å². The number of hydrogen-bond acceptors (Lipinski definition) is 4. The zero-order chi connectivity index (χ0) is 18.5. The van der Waals surface area contributed by atoms with Gasteiger partial charge in [-0.25, -0.2) is 0 Å². The number of methoxy groups -OCH3 is 1. The Labute approximate surface area is 149 Å². The van der Waals surface area contributed by atoms with E-state index in [1.165, 1.54) is 13.2 Å². The standard InChI is InChI=1S/C19H19F2NO4/c1-24-16-10-12(6-7-15(16)26-19(20)21)8-9-22-18(23)17-11-13-4-2-3-5-14(13)25-17/h2-7,10,17,19H,8-9,11H2,1H3,(H,22,23).